The van der Waals surface area contributed by atoms with E-state index in [9.17, 15) is 14.7 Å². The molecule has 0 aromatic heterocycles. The number of methoxy groups -OCH3 is 1. The summed E-state index contributed by atoms with van der Waals surface area (Å²) in [6, 6.07) is 16.1. The molecule has 0 heterocycles. The van der Waals surface area contributed by atoms with Crippen molar-refractivity contribution in [1.29, 1.82) is 0 Å². The Labute approximate surface area is 138 Å². The number of carbonyl (C=O) groups is 2. The second-order valence-corrected chi connectivity index (χ2v) is 6.44. The van der Waals surface area contributed by atoms with Gasteiger partial charge in [0.05, 0.1) is 7.11 Å². The van der Waals surface area contributed by atoms with Gasteiger partial charge < -0.3 is 9.84 Å². The Morgan fingerprint density at radius 1 is 1.09 bits per heavy atom. The largest absolute Gasteiger partial charge is 0.480 e. The van der Waals surface area contributed by atoms with Crippen molar-refractivity contribution < 1.29 is 19.4 Å². The van der Waals surface area contributed by atoms with E-state index in [1.807, 2.05) is 30.3 Å². The summed E-state index contributed by atoms with van der Waals surface area (Å²) in [5, 5.41) is 12.2. The van der Waals surface area contributed by atoms with E-state index in [2.05, 4.69) is 10.1 Å². The van der Waals surface area contributed by atoms with E-state index < -0.39 is 16.8 Å². The third kappa shape index (κ3) is 4.04. The molecule has 0 aliphatic carbocycles. The van der Waals surface area contributed by atoms with Gasteiger partial charge in [-0.1, -0.05) is 30.3 Å². The van der Waals surface area contributed by atoms with Gasteiger partial charge in [-0.25, -0.2) is 4.79 Å². The molecule has 2 aromatic carbocycles. The third-order valence-electron chi connectivity index (χ3n) is 3.34. The van der Waals surface area contributed by atoms with Gasteiger partial charge in [0.15, 0.2) is 0 Å². The number of rotatable bonds is 5. The first-order valence-corrected chi connectivity index (χ1v) is 7.70. The van der Waals surface area contributed by atoms with E-state index in [0.717, 1.165) is 4.90 Å². The minimum atomic E-state index is -1.13. The molecule has 2 rings (SSSR count). The first-order valence-electron chi connectivity index (χ1n) is 6.88. The molecule has 2 aromatic rings. The topological polar surface area (TPSA) is 75.6 Å². The number of carboxylic acids is 1. The summed E-state index contributed by atoms with van der Waals surface area (Å²) in [7, 11) is 1.28. The van der Waals surface area contributed by atoms with Crippen LogP contribution in [0.5, 0.6) is 0 Å². The summed E-state index contributed by atoms with van der Waals surface area (Å²) in [6.07, 6.45) is -0.572. The molecule has 0 bridgehead atoms. The van der Waals surface area contributed by atoms with Crippen LogP contribution in [-0.4, -0.2) is 24.3 Å². The number of carboxylic acid groups (broad SMARTS) is 1. The quantitative estimate of drug-likeness (QED) is 0.811. The molecule has 1 unspecified atom stereocenters. The lowest BCUT2D eigenvalue weighted by molar-refractivity contribution is -0.139. The molecule has 23 heavy (non-hydrogen) atoms. The molecule has 120 valence electrons. The average Bonchev–Trinajstić information content (AvgIpc) is 2.56. The predicted molar refractivity (Wildman–Crippen MR) is 89.8 cm³/mol. The lowest BCUT2D eigenvalue weighted by Gasteiger charge is -2.25. The number of amides is 1. The molecule has 0 aliphatic heterocycles. The van der Waals surface area contributed by atoms with Gasteiger partial charge in [0.1, 0.15) is 4.75 Å². The summed E-state index contributed by atoms with van der Waals surface area (Å²) in [6.45, 7) is 1.66. The Morgan fingerprint density at radius 3 is 2.22 bits per heavy atom. The first kappa shape index (κ1) is 16.9. The normalized spacial score (nSPS) is 13.0. The van der Waals surface area contributed by atoms with Gasteiger partial charge in [0, 0.05) is 10.6 Å². The minimum absolute atomic E-state index is 0.540. The number of carbonyl (C=O) groups excluding carboxylic acids is 1. The van der Waals surface area contributed by atoms with Gasteiger partial charge in [-0.2, -0.15) is 0 Å². The zero-order valence-electron chi connectivity index (χ0n) is 12.8. The van der Waals surface area contributed by atoms with E-state index >= 15 is 0 Å². The van der Waals surface area contributed by atoms with Crippen LogP contribution in [0.15, 0.2) is 59.5 Å². The Morgan fingerprint density at radius 2 is 1.70 bits per heavy atom. The Hall–Kier alpha value is -2.47. The highest BCUT2D eigenvalue weighted by Gasteiger charge is 2.36. The van der Waals surface area contributed by atoms with Crippen LogP contribution in [0, 0.1) is 0 Å². The summed E-state index contributed by atoms with van der Waals surface area (Å²) in [5.74, 6) is -0.931. The molecule has 0 spiro atoms. The maximum absolute atomic E-state index is 11.8. The van der Waals surface area contributed by atoms with E-state index in [1.54, 1.807) is 31.2 Å². The molecule has 5 nitrogen and oxygen atoms in total. The number of ether oxygens (including phenoxy) is 1. The molecule has 0 saturated carbocycles. The van der Waals surface area contributed by atoms with Crippen LogP contribution in [0.2, 0.25) is 0 Å². The number of nitrogens with one attached hydrogen (secondary N) is 1. The van der Waals surface area contributed by atoms with Crippen molar-refractivity contribution in [3.8, 4) is 0 Å². The van der Waals surface area contributed by atoms with Crippen molar-refractivity contribution in [2.75, 3.05) is 12.4 Å². The molecule has 0 aliphatic rings. The monoisotopic (exact) mass is 331 g/mol. The standard InChI is InChI=1S/C17H17NO4S/c1-17(15(19)20,23-14-6-4-3-5-7-14)12-8-10-13(11-9-12)18-16(21)22-2/h3-11H,1-2H3,(H,18,21)(H,19,20). The predicted octanol–water partition coefficient (Wildman–Crippen LogP) is 3.96. The van der Waals surface area contributed by atoms with Crippen LogP contribution in [-0.2, 0) is 14.3 Å². The van der Waals surface area contributed by atoms with Crippen LogP contribution in [0.3, 0.4) is 0 Å². The van der Waals surface area contributed by atoms with Gasteiger partial charge in [0.25, 0.3) is 0 Å². The molecule has 1 amide bonds. The average molecular weight is 331 g/mol. The minimum Gasteiger partial charge on any atom is -0.480 e. The number of thioether (sulfide) groups is 1. The molecule has 0 radical (unpaired) electrons. The van der Waals surface area contributed by atoms with Crippen LogP contribution < -0.4 is 5.32 Å². The Kier molecular flexibility index (Phi) is 5.28. The van der Waals surface area contributed by atoms with Gasteiger partial charge >= 0.3 is 12.1 Å². The third-order valence-corrected chi connectivity index (χ3v) is 4.67. The van der Waals surface area contributed by atoms with Crippen molar-refractivity contribution in [2.45, 2.75) is 16.6 Å². The van der Waals surface area contributed by atoms with E-state index in [4.69, 9.17) is 0 Å². The summed E-state index contributed by atoms with van der Waals surface area (Å²) < 4.78 is 3.39. The van der Waals surface area contributed by atoms with Crippen molar-refractivity contribution >= 4 is 29.5 Å². The van der Waals surface area contributed by atoms with Gasteiger partial charge in [0.2, 0.25) is 0 Å². The fraction of sp³-hybridized carbons (Fsp3) is 0.176. The molecular formula is C17H17NO4S. The molecular weight excluding hydrogens is 314 g/mol. The van der Waals surface area contributed by atoms with E-state index in [0.29, 0.717) is 11.3 Å². The lowest BCUT2D eigenvalue weighted by Crippen LogP contribution is -2.28. The summed E-state index contributed by atoms with van der Waals surface area (Å²) >= 11 is 1.26. The lowest BCUT2D eigenvalue weighted by atomic mass is 10.00. The second-order valence-electron chi connectivity index (χ2n) is 4.95. The molecule has 0 fully saturated rings. The first-order chi connectivity index (χ1) is 11.0. The maximum Gasteiger partial charge on any atom is 0.411 e. The second kappa shape index (κ2) is 7.19. The number of anilines is 1. The summed E-state index contributed by atoms with van der Waals surface area (Å²) in [5.41, 5.74) is 1.17. The fourth-order valence-electron chi connectivity index (χ4n) is 1.99. The van der Waals surface area contributed by atoms with Gasteiger partial charge in [-0.3, -0.25) is 10.1 Å². The molecule has 6 heteroatoms. The van der Waals surface area contributed by atoms with E-state index in [-0.39, 0.29) is 0 Å². The number of benzene rings is 2. The maximum atomic E-state index is 11.8. The molecule has 2 N–H and O–H groups in total. The molecule has 1 atom stereocenters. The van der Waals surface area contributed by atoms with Crippen molar-refractivity contribution in [3.05, 3.63) is 60.2 Å². The zero-order valence-corrected chi connectivity index (χ0v) is 13.6. The summed E-state index contributed by atoms with van der Waals surface area (Å²) in [4.78, 5) is 23.9. The van der Waals surface area contributed by atoms with Crippen molar-refractivity contribution in [2.24, 2.45) is 0 Å². The van der Waals surface area contributed by atoms with Crippen molar-refractivity contribution in [1.82, 2.24) is 0 Å². The van der Waals surface area contributed by atoms with Gasteiger partial charge in [-0.15, -0.1) is 11.8 Å². The smallest absolute Gasteiger partial charge is 0.411 e. The Bertz CT molecular complexity index is 687. The van der Waals surface area contributed by atoms with E-state index in [1.165, 1.54) is 18.9 Å². The number of hydrogen-bond donors (Lipinski definition) is 2. The SMILES string of the molecule is COC(=O)Nc1ccc(C(C)(Sc2ccccc2)C(=O)O)cc1. The van der Waals surface area contributed by atoms with Gasteiger partial charge in [-0.05, 0) is 36.8 Å². The zero-order chi connectivity index (χ0) is 16.9. The number of aliphatic carboxylic acids is 1. The van der Waals surface area contributed by atoms with Crippen molar-refractivity contribution in [3.63, 3.8) is 0 Å². The van der Waals surface area contributed by atoms with Crippen LogP contribution in [0.4, 0.5) is 10.5 Å². The van der Waals surface area contributed by atoms with Crippen LogP contribution in [0.1, 0.15) is 12.5 Å². The highest BCUT2D eigenvalue weighted by atomic mass is 32.2. The van der Waals surface area contributed by atoms with Crippen LogP contribution in [0.25, 0.3) is 0 Å². The number of hydrogen-bond acceptors (Lipinski definition) is 4. The molecule has 0 saturated heterocycles. The highest BCUT2D eigenvalue weighted by Crippen LogP contribution is 2.41. The highest BCUT2D eigenvalue weighted by molar-refractivity contribution is 8.01. The Balaban J connectivity index is 2.27. The van der Waals surface area contributed by atoms with Crippen LogP contribution >= 0.6 is 11.8 Å². The fourth-order valence-corrected chi connectivity index (χ4v) is 3.10.